The largest absolute Gasteiger partial charge is 0.454 e. The number of nitro groups is 1. The number of non-ortho nitro benzene ring substituents is 1. The fraction of sp³-hybridized carbons (Fsp3) is 0.158. The monoisotopic (exact) mass is 412 g/mol. The molecule has 2 heterocycles. The maximum absolute atomic E-state index is 12.8. The van der Waals surface area contributed by atoms with Gasteiger partial charge >= 0.3 is 0 Å². The normalized spacial score (nSPS) is 11.9. The zero-order valence-corrected chi connectivity index (χ0v) is 16.4. The molecule has 1 aliphatic heterocycles. The molecule has 148 valence electrons. The van der Waals surface area contributed by atoms with Crippen LogP contribution in [0, 0.1) is 10.1 Å². The molecule has 1 N–H and O–H groups in total. The zero-order chi connectivity index (χ0) is 20.5. The summed E-state index contributed by atoms with van der Waals surface area (Å²) in [6.45, 7) is 0.189. The smallest absolute Gasteiger partial charge is 0.270 e. The summed E-state index contributed by atoms with van der Waals surface area (Å²) in [7, 11) is 3.53. The molecule has 0 atom stereocenters. The Morgan fingerprint density at radius 1 is 1.21 bits per heavy atom. The number of rotatable bonds is 5. The summed E-state index contributed by atoms with van der Waals surface area (Å²) >= 11 is 1.26. The van der Waals surface area contributed by atoms with Gasteiger partial charge in [0.25, 0.3) is 11.6 Å². The third kappa shape index (κ3) is 3.69. The van der Waals surface area contributed by atoms with Crippen LogP contribution in [-0.2, 0) is 0 Å². The minimum atomic E-state index is -0.530. The average molecular weight is 412 g/mol. The number of nitro benzene ring substituents is 1. The molecule has 0 spiro atoms. The lowest BCUT2D eigenvalue weighted by Crippen LogP contribution is -2.18. The van der Waals surface area contributed by atoms with Crippen LogP contribution in [-0.4, -0.2) is 36.7 Å². The van der Waals surface area contributed by atoms with E-state index < -0.39 is 10.8 Å². The summed E-state index contributed by atoms with van der Waals surface area (Å²) in [4.78, 5) is 29.5. The van der Waals surface area contributed by atoms with E-state index >= 15 is 0 Å². The first kappa shape index (κ1) is 18.7. The molecule has 0 saturated carbocycles. The van der Waals surface area contributed by atoms with Crippen LogP contribution in [0.1, 0.15) is 10.4 Å². The van der Waals surface area contributed by atoms with Crippen LogP contribution in [0.5, 0.6) is 11.5 Å². The molecular formula is C19H16N4O5S. The van der Waals surface area contributed by atoms with Crippen LogP contribution >= 0.6 is 11.3 Å². The Hall–Kier alpha value is -3.66. The summed E-state index contributed by atoms with van der Waals surface area (Å²) in [6.07, 6.45) is 0. The Morgan fingerprint density at radius 3 is 2.76 bits per heavy atom. The number of nitrogens with one attached hydrogen (secondary N) is 1. The van der Waals surface area contributed by atoms with Crippen molar-refractivity contribution >= 4 is 33.8 Å². The number of ether oxygens (including phenoxy) is 2. The molecule has 0 bridgehead atoms. The fourth-order valence-corrected chi connectivity index (χ4v) is 3.61. The number of fused-ring (bicyclic) bond motifs is 1. The maximum atomic E-state index is 12.8. The van der Waals surface area contributed by atoms with Gasteiger partial charge in [0.1, 0.15) is 0 Å². The van der Waals surface area contributed by atoms with Crippen LogP contribution in [0.25, 0.3) is 11.3 Å². The van der Waals surface area contributed by atoms with E-state index in [-0.39, 0.29) is 18.0 Å². The number of hydrogen-bond acceptors (Lipinski definition) is 8. The van der Waals surface area contributed by atoms with Crippen molar-refractivity contribution in [3.05, 3.63) is 57.5 Å². The van der Waals surface area contributed by atoms with Crippen LogP contribution < -0.4 is 19.7 Å². The predicted octanol–water partition coefficient (Wildman–Crippen LogP) is 3.77. The first-order valence-corrected chi connectivity index (χ1v) is 9.43. The molecule has 0 fully saturated rings. The van der Waals surface area contributed by atoms with Crippen molar-refractivity contribution in [3.63, 3.8) is 0 Å². The minimum Gasteiger partial charge on any atom is -0.454 e. The van der Waals surface area contributed by atoms with Crippen molar-refractivity contribution in [1.29, 1.82) is 0 Å². The van der Waals surface area contributed by atoms with Gasteiger partial charge in [0.2, 0.25) is 6.79 Å². The van der Waals surface area contributed by atoms with Crippen molar-refractivity contribution in [1.82, 2.24) is 4.98 Å². The highest BCUT2D eigenvalue weighted by atomic mass is 32.1. The topological polar surface area (TPSA) is 107 Å². The Balaban J connectivity index is 1.58. The summed E-state index contributed by atoms with van der Waals surface area (Å²) in [5.74, 6) is 0.858. The van der Waals surface area contributed by atoms with Crippen molar-refractivity contribution in [2.24, 2.45) is 0 Å². The highest BCUT2D eigenvalue weighted by Gasteiger charge is 2.20. The number of amides is 1. The van der Waals surface area contributed by atoms with E-state index in [1.165, 1.54) is 23.5 Å². The molecule has 4 rings (SSSR count). The minimum absolute atomic E-state index is 0.152. The second kappa shape index (κ2) is 7.40. The Morgan fingerprint density at radius 2 is 2.00 bits per heavy atom. The number of hydrogen-bond donors (Lipinski definition) is 1. The standard InChI is InChI=1S/C19H16N4O5S/c1-22(2)15-5-4-12(23(25)26)8-13(15)18(24)21-19-20-14(9-29-19)11-3-6-16-17(7-11)28-10-27-16/h3-9H,10H2,1-2H3,(H,20,21,24). The van der Waals surface area contributed by atoms with Crippen LogP contribution in [0.15, 0.2) is 41.8 Å². The quantitative estimate of drug-likeness (QED) is 0.502. The summed E-state index contributed by atoms with van der Waals surface area (Å²) in [5, 5.41) is 16.0. The van der Waals surface area contributed by atoms with Crippen LogP contribution in [0.3, 0.4) is 0 Å². The van der Waals surface area contributed by atoms with Crippen LogP contribution in [0.4, 0.5) is 16.5 Å². The Bertz CT molecular complexity index is 1110. The van der Waals surface area contributed by atoms with Gasteiger partial charge in [-0.05, 0) is 24.3 Å². The third-order valence-electron chi connectivity index (χ3n) is 4.31. The predicted molar refractivity (Wildman–Crippen MR) is 109 cm³/mol. The number of nitrogens with zero attached hydrogens (tertiary/aromatic N) is 3. The second-order valence-corrected chi connectivity index (χ2v) is 7.27. The molecule has 10 heteroatoms. The van der Waals surface area contributed by atoms with Gasteiger partial charge in [0.15, 0.2) is 16.6 Å². The molecule has 0 unspecified atom stereocenters. The van der Waals surface area contributed by atoms with E-state index in [0.717, 1.165) is 5.56 Å². The molecule has 2 aromatic carbocycles. The molecule has 1 aliphatic rings. The van der Waals surface area contributed by atoms with Crippen molar-refractivity contribution < 1.29 is 19.2 Å². The molecule has 29 heavy (non-hydrogen) atoms. The van der Waals surface area contributed by atoms with Gasteiger partial charge in [-0.3, -0.25) is 20.2 Å². The number of carbonyl (C=O) groups excluding carboxylic acids is 1. The van der Waals surface area contributed by atoms with E-state index in [1.807, 2.05) is 23.6 Å². The zero-order valence-electron chi connectivity index (χ0n) is 15.5. The highest BCUT2D eigenvalue weighted by Crippen LogP contribution is 2.36. The third-order valence-corrected chi connectivity index (χ3v) is 5.07. The number of anilines is 2. The molecule has 9 nitrogen and oxygen atoms in total. The average Bonchev–Trinajstić information content (AvgIpc) is 3.35. The second-order valence-electron chi connectivity index (χ2n) is 6.41. The van der Waals surface area contributed by atoms with E-state index in [2.05, 4.69) is 10.3 Å². The summed E-state index contributed by atoms with van der Waals surface area (Å²) < 4.78 is 10.7. The summed E-state index contributed by atoms with van der Waals surface area (Å²) in [5.41, 5.74) is 2.12. The van der Waals surface area contributed by atoms with Gasteiger partial charge in [-0.25, -0.2) is 4.98 Å². The molecule has 0 saturated heterocycles. The van der Waals surface area contributed by atoms with Crippen molar-refractivity contribution in [2.45, 2.75) is 0 Å². The lowest BCUT2D eigenvalue weighted by molar-refractivity contribution is -0.384. The van der Waals surface area contributed by atoms with Gasteiger partial charge in [-0.1, -0.05) is 0 Å². The molecule has 0 aliphatic carbocycles. The van der Waals surface area contributed by atoms with E-state index in [4.69, 9.17) is 9.47 Å². The van der Waals surface area contributed by atoms with E-state index in [1.54, 1.807) is 25.1 Å². The van der Waals surface area contributed by atoms with Gasteiger partial charge < -0.3 is 14.4 Å². The van der Waals surface area contributed by atoms with Crippen LogP contribution in [0.2, 0.25) is 0 Å². The maximum Gasteiger partial charge on any atom is 0.270 e. The molecule has 3 aromatic rings. The molecule has 0 radical (unpaired) electrons. The van der Waals surface area contributed by atoms with Gasteiger partial charge in [-0.2, -0.15) is 0 Å². The lowest BCUT2D eigenvalue weighted by Gasteiger charge is -2.16. The van der Waals surface area contributed by atoms with Gasteiger partial charge in [0.05, 0.1) is 16.2 Å². The Labute approximate surface area is 169 Å². The van der Waals surface area contributed by atoms with E-state index in [0.29, 0.717) is 28.0 Å². The number of carbonyl (C=O) groups is 1. The molecular weight excluding hydrogens is 396 g/mol. The number of aromatic nitrogens is 1. The SMILES string of the molecule is CN(C)c1ccc([N+](=O)[O-])cc1C(=O)Nc1nc(-c2ccc3c(c2)OCO3)cs1. The van der Waals surface area contributed by atoms with E-state index in [9.17, 15) is 14.9 Å². The first-order valence-electron chi connectivity index (χ1n) is 8.55. The fourth-order valence-electron chi connectivity index (χ4n) is 2.89. The first-order chi connectivity index (χ1) is 13.9. The lowest BCUT2D eigenvalue weighted by atomic mass is 10.1. The molecule has 1 aromatic heterocycles. The molecule has 1 amide bonds. The van der Waals surface area contributed by atoms with Crippen molar-refractivity contribution in [3.8, 4) is 22.8 Å². The number of benzene rings is 2. The number of thiazole rings is 1. The Kier molecular flexibility index (Phi) is 4.77. The van der Waals surface area contributed by atoms with Gasteiger partial charge in [0, 0.05) is 42.9 Å². The van der Waals surface area contributed by atoms with Crippen molar-refractivity contribution in [2.75, 3.05) is 31.1 Å². The van der Waals surface area contributed by atoms with Gasteiger partial charge in [-0.15, -0.1) is 11.3 Å². The summed E-state index contributed by atoms with van der Waals surface area (Å²) in [6, 6.07) is 9.67. The highest BCUT2D eigenvalue weighted by molar-refractivity contribution is 7.14.